The first-order chi connectivity index (χ1) is 10.8. The minimum Gasteiger partial charge on any atom is -0.434 e. The Labute approximate surface area is 144 Å². The van der Waals surface area contributed by atoms with E-state index in [1.165, 1.54) is 6.16 Å². The van der Waals surface area contributed by atoms with Gasteiger partial charge in [-0.1, -0.05) is 51.5 Å². The highest BCUT2D eigenvalue weighted by molar-refractivity contribution is 7.37. The highest BCUT2D eigenvalue weighted by atomic mass is 31.1. The number of ether oxygens (including phenoxy) is 2. The maximum absolute atomic E-state index is 11.8. The van der Waals surface area contributed by atoms with Crippen LogP contribution in [0.3, 0.4) is 0 Å². The van der Waals surface area contributed by atoms with E-state index in [1.807, 2.05) is 13.8 Å². The fourth-order valence-electron chi connectivity index (χ4n) is 2.16. The minimum absolute atomic E-state index is 0.355. The summed E-state index contributed by atoms with van der Waals surface area (Å²) in [6.45, 7) is 12.8. The number of allylic oxidation sites excluding steroid dienone is 4. The third kappa shape index (κ3) is 13.3. The lowest BCUT2D eigenvalue weighted by Crippen LogP contribution is -2.30. The second-order valence-electron chi connectivity index (χ2n) is 6.81. The third-order valence-corrected chi connectivity index (χ3v) is 4.23. The summed E-state index contributed by atoms with van der Waals surface area (Å²) >= 11 is 0. The van der Waals surface area contributed by atoms with Gasteiger partial charge in [-0.3, -0.25) is 0 Å². The van der Waals surface area contributed by atoms with Gasteiger partial charge in [-0.2, -0.15) is 0 Å². The van der Waals surface area contributed by atoms with Crippen LogP contribution >= 0.6 is 8.58 Å². The molecule has 0 amide bonds. The zero-order chi connectivity index (χ0) is 17.7. The van der Waals surface area contributed by atoms with Crippen LogP contribution in [0.4, 0.5) is 4.79 Å². The molecular formula is C19H35O3P. The predicted octanol–water partition coefficient (Wildman–Crippen LogP) is 5.80. The average Bonchev–Trinajstić information content (AvgIpc) is 2.47. The monoisotopic (exact) mass is 342 g/mol. The molecule has 23 heavy (non-hydrogen) atoms. The Morgan fingerprint density at radius 3 is 2.52 bits per heavy atom. The van der Waals surface area contributed by atoms with Crippen molar-refractivity contribution in [1.82, 2.24) is 0 Å². The van der Waals surface area contributed by atoms with Crippen molar-refractivity contribution in [3.8, 4) is 0 Å². The van der Waals surface area contributed by atoms with Gasteiger partial charge in [-0.15, -0.1) is 8.58 Å². The molecule has 0 N–H and O–H groups in total. The van der Waals surface area contributed by atoms with Crippen LogP contribution < -0.4 is 0 Å². The van der Waals surface area contributed by atoms with Gasteiger partial charge in [0, 0.05) is 0 Å². The zero-order valence-corrected chi connectivity index (χ0v) is 16.7. The Hall–Kier alpha value is -0.820. The fraction of sp³-hybridized carbons (Fsp3) is 0.737. The maximum Gasteiger partial charge on any atom is 0.508 e. The lowest BCUT2D eigenvalue weighted by Gasteiger charge is -2.26. The minimum atomic E-state index is -0.560. The smallest absolute Gasteiger partial charge is 0.434 e. The van der Waals surface area contributed by atoms with Crippen molar-refractivity contribution in [2.24, 2.45) is 11.8 Å². The molecule has 0 aliphatic heterocycles. The fourth-order valence-corrected chi connectivity index (χ4v) is 2.56. The molecule has 0 fully saturated rings. The molecule has 0 rings (SSSR count). The first-order valence-electron chi connectivity index (χ1n) is 8.62. The second kappa shape index (κ2) is 12.6. The number of hydrogen-bond acceptors (Lipinski definition) is 3. The van der Waals surface area contributed by atoms with Crippen molar-refractivity contribution in [2.75, 3.05) is 19.4 Å². The second-order valence-corrected chi connectivity index (χ2v) is 7.93. The van der Waals surface area contributed by atoms with Crippen molar-refractivity contribution in [1.29, 1.82) is 0 Å². The molecule has 4 heteroatoms. The highest BCUT2D eigenvalue weighted by Gasteiger charge is 2.25. The van der Waals surface area contributed by atoms with E-state index >= 15 is 0 Å². The van der Waals surface area contributed by atoms with E-state index in [1.54, 1.807) is 0 Å². The summed E-state index contributed by atoms with van der Waals surface area (Å²) in [4.78, 5) is 11.8. The first-order valence-corrected chi connectivity index (χ1v) is 10.3. The van der Waals surface area contributed by atoms with E-state index in [4.69, 9.17) is 9.47 Å². The molecule has 134 valence electrons. The Balaban J connectivity index is 4.13. The number of carbonyl (C=O) groups is 1. The molecule has 0 aliphatic rings. The SMILES string of the molecule is CCC(C)COC(=O)OC(C)(C)CC(C)/C=C\C/C=C\CPC. The summed E-state index contributed by atoms with van der Waals surface area (Å²) in [6.07, 6.45) is 12.1. The molecule has 0 radical (unpaired) electrons. The van der Waals surface area contributed by atoms with Gasteiger partial charge in [0.05, 0.1) is 6.61 Å². The molecule has 0 heterocycles. The largest absolute Gasteiger partial charge is 0.508 e. The normalized spacial score (nSPS) is 15.6. The van der Waals surface area contributed by atoms with Crippen LogP contribution in [0, 0.1) is 11.8 Å². The van der Waals surface area contributed by atoms with Gasteiger partial charge in [0.15, 0.2) is 0 Å². The van der Waals surface area contributed by atoms with Crippen molar-refractivity contribution >= 4 is 14.7 Å². The van der Waals surface area contributed by atoms with Crippen LogP contribution in [0.1, 0.15) is 53.9 Å². The molecule has 3 unspecified atom stereocenters. The molecule has 0 spiro atoms. The Bertz CT molecular complexity index is 375. The van der Waals surface area contributed by atoms with Gasteiger partial charge in [-0.05, 0) is 51.4 Å². The van der Waals surface area contributed by atoms with Crippen LogP contribution in [0.5, 0.6) is 0 Å². The summed E-state index contributed by atoms with van der Waals surface area (Å²) in [7, 11) is 0.981. The molecule has 0 saturated heterocycles. The van der Waals surface area contributed by atoms with E-state index in [0.717, 1.165) is 27.8 Å². The van der Waals surface area contributed by atoms with Crippen molar-refractivity contribution < 1.29 is 14.3 Å². The molecule has 0 aromatic rings. The van der Waals surface area contributed by atoms with Crippen LogP contribution in [0.2, 0.25) is 0 Å². The molecule has 3 nitrogen and oxygen atoms in total. The van der Waals surface area contributed by atoms with E-state index in [2.05, 4.69) is 51.7 Å². The van der Waals surface area contributed by atoms with Crippen LogP contribution in [0.15, 0.2) is 24.3 Å². The maximum atomic E-state index is 11.8. The summed E-state index contributed by atoms with van der Waals surface area (Å²) in [5, 5.41) is 0. The highest BCUT2D eigenvalue weighted by Crippen LogP contribution is 2.22. The molecule has 0 aromatic carbocycles. The number of hydrogen-bond donors (Lipinski definition) is 0. The van der Waals surface area contributed by atoms with Gasteiger partial charge in [0.2, 0.25) is 0 Å². The zero-order valence-electron chi connectivity index (χ0n) is 15.7. The predicted molar refractivity (Wildman–Crippen MR) is 102 cm³/mol. The van der Waals surface area contributed by atoms with Gasteiger partial charge in [0.1, 0.15) is 5.60 Å². The lowest BCUT2D eigenvalue weighted by atomic mass is 9.94. The molecule has 0 aromatic heterocycles. The summed E-state index contributed by atoms with van der Waals surface area (Å²) in [5.74, 6) is 0.725. The first kappa shape index (κ1) is 22.2. The van der Waals surface area contributed by atoms with E-state index in [9.17, 15) is 4.79 Å². The number of carbonyl (C=O) groups excluding carboxylic acids is 1. The van der Waals surface area contributed by atoms with Gasteiger partial charge in [0.25, 0.3) is 0 Å². The Morgan fingerprint density at radius 2 is 1.91 bits per heavy atom. The van der Waals surface area contributed by atoms with Crippen molar-refractivity contribution in [3.05, 3.63) is 24.3 Å². The van der Waals surface area contributed by atoms with E-state index in [-0.39, 0.29) is 0 Å². The molecule has 0 aliphatic carbocycles. The Kier molecular flexibility index (Phi) is 12.1. The van der Waals surface area contributed by atoms with E-state index < -0.39 is 11.8 Å². The van der Waals surface area contributed by atoms with Crippen LogP contribution in [-0.2, 0) is 9.47 Å². The molecule has 0 saturated carbocycles. The summed E-state index contributed by atoms with van der Waals surface area (Å²) in [6, 6.07) is 0. The Morgan fingerprint density at radius 1 is 1.22 bits per heavy atom. The van der Waals surface area contributed by atoms with Crippen LogP contribution in [0.25, 0.3) is 0 Å². The lowest BCUT2D eigenvalue weighted by molar-refractivity contribution is -0.0286. The standard InChI is InChI=1S/C19H35O3P/c1-7-16(2)15-21-18(20)22-19(4,5)14-17(3)12-10-8-9-11-13-23-6/h9-12,16-17,23H,7-8,13-15H2,1-6H3/b11-9-,12-10-. The third-order valence-electron chi connectivity index (χ3n) is 3.58. The molecule has 0 bridgehead atoms. The van der Waals surface area contributed by atoms with Gasteiger partial charge >= 0.3 is 6.16 Å². The van der Waals surface area contributed by atoms with Crippen molar-refractivity contribution in [2.45, 2.75) is 59.5 Å². The van der Waals surface area contributed by atoms with Gasteiger partial charge < -0.3 is 9.47 Å². The quantitative estimate of drug-likeness (QED) is 0.270. The average molecular weight is 342 g/mol. The van der Waals surface area contributed by atoms with Crippen molar-refractivity contribution in [3.63, 3.8) is 0 Å². The number of rotatable bonds is 11. The summed E-state index contributed by atoms with van der Waals surface area (Å²) in [5.41, 5.74) is -0.518. The molecule has 3 atom stereocenters. The van der Waals surface area contributed by atoms with Crippen LogP contribution in [-0.4, -0.2) is 31.2 Å². The topological polar surface area (TPSA) is 35.5 Å². The molecular weight excluding hydrogens is 307 g/mol. The van der Waals surface area contributed by atoms with Gasteiger partial charge in [-0.25, -0.2) is 4.79 Å². The summed E-state index contributed by atoms with van der Waals surface area (Å²) < 4.78 is 10.6. The van der Waals surface area contributed by atoms with E-state index in [0.29, 0.717) is 18.4 Å².